The smallest absolute Gasteiger partial charge is 0.356 e. The van der Waals surface area contributed by atoms with Crippen LogP contribution in [0.2, 0.25) is 0 Å². The van der Waals surface area contributed by atoms with E-state index in [9.17, 15) is 4.79 Å². The van der Waals surface area contributed by atoms with Gasteiger partial charge in [-0.3, -0.25) is 4.98 Å². The van der Waals surface area contributed by atoms with Gasteiger partial charge in [-0.15, -0.1) is 0 Å². The fourth-order valence-electron chi connectivity index (χ4n) is 2.22. The number of fused-ring (bicyclic) bond motifs is 1. The van der Waals surface area contributed by atoms with E-state index in [-0.39, 0.29) is 11.7 Å². The number of pyridine rings is 1. The van der Waals surface area contributed by atoms with Crippen molar-refractivity contribution in [1.82, 2.24) is 14.8 Å². The number of aromatic nitrogens is 3. The third-order valence-corrected chi connectivity index (χ3v) is 3.06. The number of hydrogen-bond acceptors (Lipinski definition) is 4. The molecule has 6 heteroatoms. The van der Waals surface area contributed by atoms with Gasteiger partial charge in [0, 0.05) is 25.0 Å². The topological polar surface area (TPSA) is 80.0 Å². The van der Waals surface area contributed by atoms with E-state index in [1.165, 1.54) is 0 Å². The predicted octanol–water partition coefficient (Wildman–Crippen LogP) is 1.38. The number of carbonyl (C=O) groups is 1. The van der Waals surface area contributed by atoms with Gasteiger partial charge in [0.1, 0.15) is 5.82 Å². The van der Waals surface area contributed by atoms with Crippen molar-refractivity contribution >= 4 is 11.8 Å². The number of nitrogens with zero attached hydrogens (tertiary/aromatic N) is 3. The van der Waals surface area contributed by atoms with E-state index in [0.29, 0.717) is 0 Å². The monoisotopic (exact) mass is 244 g/mol. The van der Waals surface area contributed by atoms with Crippen molar-refractivity contribution in [2.45, 2.75) is 12.5 Å². The molecule has 2 aromatic rings. The molecule has 0 bridgehead atoms. The number of aromatic carboxylic acids is 1. The Morgan fingerprint density at radius 1 is 1.44 bits per heavy atom. The van der Waals surface area contributed by atoms with Crippen LogP contribution in [0.3, 0.4) is 0 Å². The van der Waals surface area contributed by atoms with Crippen molar-refractivity contribution in [2.24, 2.45) is 0 Å². The third kappa shape index (κ3) is 1.71. The van der Waals surface area contributed by atoms with Gasteiger partial charge in [-0.25, -0.2) is 9.48 Å². The minimum atomic E-state index is -1.01. The van der Waals surface area contributed by atoms with Crippen LogP contribution in [0.5, 0.6) is 0 Å². The van der Waals surface area contributed by atoms with Gasteiger partial charge in [0.25, 0.3) is 0 Å². The molecule has 3 heterocycles. The first kappa shape index (κ1) is 10.8. The molecule has 3 rings (SSSR count). The lowest BCUT2D eigenvalue weighted by Gasteiger charge is -2.25. The molecule has 0 aliphatic carbocycles. The zero-order chi connectivity index (χ0) is 12.5. The maximum Gasteiger partial charge on any atom is 0.356 e. The average molecular weight is 244 g/mol. The second kappa shape index (κ2) is 4.14. The Morgan fingerprint density at radius 3 is 2.94 bits per heavy atom. The predicted molar refractivity (Wildman–Crippen MR) is 64.7 cm³/mol. The third-order valence-electron chi connectivity index (χ3n) is 3.06. The highest BCUT2D eigenvalue weighted by Gasteiger charge is 2.24. The standard InChI is InChI=1S/C12H12N4O2/c17-12(18)9-7-11-14-6-3-10(16(11)15-9)8-1-4-13-5-2-8/h1-2,4-5,7,10,14H,3,6H2,(H,17,18). The van der Waals surface area contributed by atoms with Crippen LogP contribution in [0.1, 0.15) is 28.5 Å². The number of nitrogens with one attached hydrogen (secondary N) is 1. The number of carboxylic acid groups (broad SMARTS) is 1. The Morgan fingerprint density at radius 2 is 2.22 bits per heavy atom. The molecule has 1 aliphatic heterocycles. The molecule has 0 saturated heterocycles. The summed E-state index contributed by atoms with van der Waals surface area (Å²) in [6, 6.07) is 5.50. The zero-order valence-electron chi connectivity index (χ0n) is 9.58. The Hall–Kier alpha value is -2.37. The van der Waals surface area contributed by atoms with E-state index in [2.05, 4.69) is 15.4 Å². The molecule has 0 radical (unpaired) electrons. The van der Waals surface area contributed by atoms with E-state index < -0.39 is 5.97 Å². The SMILES string of the molecule is O=C(O)c1cc2n(n1)C(c1ccncc1)CCN2. The van der Waals surface area contributed by atoms with Gasteiger partial charge in [0.2, 0.25) is 0 Å². The summed E-state index contributed by atoms with van der Waals surface area (Å²) in [5.74, 6) is -0.257. The Labute approximate surface area is 103 Å². The summed E-state index contributed by atoms with van der Waals surface area (Å²) < 4.78 is 1.74. The highest BCUT2D eigenvalue weighted by atomic mass is 16.4. The van der Waals surface area contributed by atoms with Gasteiger partial charge in [-0.2, -0.15) is 5.10 Å². The Kier molecular flexibility index (Phi) is 2.47. The average Bonchev–Trinajstić information content (AvgIpc) is 2.83. The lowest BCUT2D eigenvalue weighted by atomic mass is 10.0. The maximum atomic E-state index is 10.9. The molecule has 2 aromatic heterocycles. The normalized spacial score (nSPS) is 17.9. The van der Waals surface area contributed by atoms with E-state index in [1.54, 1.807) is 23.1 Å². The largest absolute Gasteiger partial charge is 0.476 e. The van der Waals surface area contributed by atoms with E-state index in [1.807, 2.05) is 12.1 Å². The van der Waals surface area contributed by atoms with E-state index in [4.69, 9.17) is 5.11 Å². The number of hydrogen-bond donors (Lipinski definition) is 2. The van der Waals surface area contributed by atoms with Crippen LogP contribution in [0, 0.1) is 0 Å². The summed E-state index contributed by atoms with van der Waals surface area (Å²) in [4.78, 5) is 14.9. The minimum absolute atomic E-state index is 0.0670. The lowest BCUT2D eigenvalue weighted by Crippen LogP contribution is -2.24. The highest BCUT2D eigenvalue weighted by Crippen LogP contribution is 2.29. The van der Waals surface area contributed by atoms with Crippen LogP contribution in [0.4, 0.5) is 5.82 Å². The first-order valence-corrected chi connectivity index (χ1v) is 5.72. The molecule has 6 nitrogen and oxygen atoms in total. The highest BCUT2D eigenvalue weighted by molar-refractivity contribution is 5.86. The van der Waals surface area contributed by atoms with Crippen molar-refractivity contribution < 1.29 is 9.90 Å². The summed E-state index contributed by atoms with van der Waals surface area (Å²) in [5.41, 5.74) is 1.16. The van der Waals surface area contributed by atoms with Gasteiger partial charge in [0.05, 0.1) is 6.04 Å². The summed E-state index contributed by atoms with van der Waals surface area (Å²) in [7, 11) is 0. The molecule has 0 amide bonds. The molecule has 0 saturated carbocycles. The number of carboxylic acids is 1. The number of anilines is 1. The Balaban J connectivity index is 2.04. The molecule has 2 N–H and O–H groups in total. The van der Waals surface area contributed by atoms with Gasteiger partial charge in [-0.05, 0) is 24.1 Å². The first-order chi connectivity index (χ1) is 8.75. The van der Waals surface area contributed by atoms with Crippen LogP contribution < -0.4 is 5.32 Å². The minimum Gasteiger partial charge on any atom is -0.476 e. The molecule has 18 heavy (non-hydrogen) atoms. The van der Waals surface area contributed by atoms with Crippen LogP contribution in [0.25, 0.3) is 0 Å². The Bertz CT molecular complexity index is 579. The molecule has 1 unspecified atom stereocenters. The number of rotatable bonds is 2. The molecule has 1 atom stereocenters. The molecule has 1 aliphatic rings. The molecular weight excluding hydrogens is 232 g/mol. The van der Waals surface area contributed by atoms with Crippen LogP contribution in [-0.4, -0.2) is 32.4 Å². The second-order valence-corrected chi connectivity index (χ2v) is 4.18. The fraction of sp³-hybridized carbons (Fsp3) is 0.250. The van der Waals surface area contributed by atoms with Crippen LogP contribution in [0.15, 0.2) is 30.6 Å². The van der Waals surface area contributed by atoms with Crippen molar-refractivity contribution in [3.63, 3.8) is 0 Å². The maximum absolute atomic E-state index is 10.9. The quantitative estimate of drug-likeness (QED) is 0.834. The lowest BCUT2D eigenvalue weighted by molar-refractivity contribution is 0.0689. The van der Waals surface area contributed by atoms with Crippen molar-refractivity contribution in [2.75, 3.05) is 11.9 Å². The summed E-state index contributed by atoms with van der Waals surface area (Å²) in [5, 5.41) is 16.3. The van der Waals surface area contributed by atoms with Gasteiger partial charge < -0.3 is 10.4 Å². The van der Waals surface area contributed by atoms with Crippen molar-refractivity contribution in [1.29, 1.82) is 0 Å². The molecule has 92 valence electrons. The van der Waals surface area contributed by atoms with Crippen molar-refractivity contribution in [3.05, 3.63) is 41.9 Å². The first-order valence-electron chi connectivity index (χ1n) is 5.72. The van der Waals surface area contributed by atoms with Gasteiger partial charge in [0.15, 0.2) is 5.69 Å². The zero-order valence-corrected chi connectivity index (χ0v) is 9.58. The van der Waals surface area contributed by atoms with Gasteiger partial charge in [-0.1, -0.05) is 0 Å². The van der Waals surface area contributed by atoms with Crippen LogP contribution in [-0.2, 0) is 0 Å². The van der Waals surface area contributed by atoms with Crippen molar-refractivity contribution in [3.8, 4) is 0 Å². The summed E-state index contributed by atoms with van der Waals surface area (Å²) in [6.07, 6.45) is 4.34. The molecule has 0 spiro atoms. The molecule has 0 fully saturated rings. The summed E-state index contributed by atoms with van der Waals surface area (Å²) >= 11 is 0. The fourth-order valence-corrected chi connectivity index (χ4v) is 2.22. The summed E-state index contributed by atoms with van der Waals surface area (Å²) in [6.45, 7) is 0.803. The van der Waals surface area contributed by atoms with E-state index in [0.717, 1.165) is 24.3 Å². The molecular formula is C12H12N4O2. The molecule has 0 aromatic carbocycles. The van der Waals surface area contributed by atoms with Crippen LogP contribution >= 0.6 is 0 Å². The van der Waals surface area contributed by atoms with Gasteiger partial charge >= 0.3 is 5.97 Å². The second-order valence-electron chi connectivity index (χ2n) is 4.18. The van der Waals surface area contributed by atoms with E-state index >= 15 is 0 Å².